The van der Waals surface area contributed by atoms with Crippen LogP contribution in [0.2, 0.25) is 5.02 Å². The first-order chi connectivity index (χ1) is 9.52. The fourth-order valence-corrected chi connectivity index (χ4v) is 3.53. The molecule has 1 N–H and O–H groups in total. The van der Waals surface area contributed by atoms with E-state index in [1.54, 1.807) is 19.2 Å². The molecule has 0 saturated heterocycles. The molecule has 2 aromatic rings. The monoisotopic (exact) mass is 421 g/mol. The minimum atomic E-state index is -0.384. The van der Waals surface area contributed by atoms with Crippen LogP contribution in [-0.2, 0) is 6.54 Å². The molecule has 0 unspecified atom stereocenters. The second kappa shape index (κ2) is 6.78. The molecule has 0 spiro atoms. The van der Waals surface area contributed by atoms with Crippen molar-refractivity contribution in [2.75, 3.05) is 12.4 Å². The molecule has 20 heavy (non-hydrogen) atoms. The van der Waals surface area contributed by atoms with Crippen LogP contribution in [0, 0.1) is 5.82 Å². The average Bonchev–Trinajstić information content (AvgIpc) is 2.37. The average molecular weight is 424 g/mol. The molecule has 0 radical (unpaired) electrons. The van der Waals surface area contributed by atoms with Gasteiger partial charge in [-0.05, 0) is 40.2 Å². The number of benzene rings is 2. The lowest BCUT2D eigenvalue weighted by molar-refractivity contribution is 0.407. The normalized spacial score (nSPS) is 10.4. The number of methoxy groups -OCH3 is 1. The molecule has 0 aromatic heterocycles. The zero-order valence-electron chi connectivity index (χ0n) is 10.5. The van der Waals surface area contributed by atoms with Gasteiger partial charge < -0.3 is 10.1 Å². The van der Waals surface area contributed by atoms with Gasteiger partial charge in [-0.25, -0.2) is 4.39 Å². The Balaban J connectivity index is 2.27. The van der Waals surface area contributed by atoms with Crippen LogP contribution in [0.1, 0.15) is 5.56 Å². The largest absolute Gasteiger partial charge is 0.495 e. The van der Waals surface area contributed by atoms with Crippen LogP contribution >= 0.6 is 43.5 Å². The smallest absolute Gasteiger partial charge is 0.147 e. The molecule has 0 aliphatic carbocycles. The molecule has 0 aliphatic heterocycles. The maximum atomic E-state index is 13.7. The topological polar surface area (TPSA) is 21.3 Å². The molecular weight excluding hydrogens is 412 g/mol. The molecule has 0 heterocycles. The van der Waals surface area contributed by atoms with E-state index in [4.69, 9.17) is 16.3 Å². The number of hydrogen-bond acceptors (Lipinski definition) is 2. The number of rotatable bonds is 4. The third-order valence-corrected chi connectivity index (χ3v) is 4.07. The zero-order valence-corrected chi connectivity index (χ0v) is 14.4. The second-order valence-corrected chi connectivity index (χ2v) is 6.21. The van der Waals surface area contributed by atoms with Crippen LogP contribution in [0.15, 0.2) is 39.3 Å². The van der Waals surface area contributed by atoms with Gasteiger partial charge in [0.15, 0.2) is 0 Å². The Hall–Kier alpha value is -0.780. The van der Waals surface area contributed by atoms with E-state index in [-0.39, 0.29) is 11.5 Å². The van der Waals surface area contributed by atoms with Crippen molar-refractivity contribution in [2.45, 2.75) is 6.54 Å². The third kappa shape index (κ3) is 3.45. The van der Waals surface area contributed by atoms with Crippen LogP contribution < -0.4 is 10.1 Å². The van der Waals surface area contributed by atoms with Gasteiger partial charge in [0.2, 0.25) is 0 Å². The van der Waals surface area contributed by atoms with Crippen molar-refractivity contribution in [3.05, 3.63) is 55.7 Å². The molecule has 0 bridgehead atoms. The maximum absolute atomic E-state index is 13.7. The van der Waals surface area contributed by atoms with Crippen LogP contribution in [0.25, 0.3) is 0 Å². The molecule has 6 heteroatoms. The lowest BCUT2D eigenvalue weighted by Crippen LogP contribution is -2.04. The summed E-state index contributed by atoms with van der Waals surface area (Å²) in [6.07, 6.45) is 0. The molecule has 0 atom stereocenters. The van der Waals surface area contributed by atoms with E-state index < -0.39 is 0 Å². The molecule has 2 nitrogen and oxygen atoms in total. The summed E-state index contributed by atoms with van der Waals surface area (Å²) in [5.41, 5.74) is 1.17. The molecular formula is C14H11Br2ClFNO. The molecule has 2 aromatic carbocycles. The van der Waals surface area contributed by atoms with Gasteiger partial charge in [0.1, 0.15) is 11.6 Å². The number of nitrogens with one attached hydrogen (secondary N) is 1. The van der Waals surface area contributed by atoms with Crippen LogP contribution in [-0.4, -0.2) is 7.11 Å². The minimum absolute atomic E-state index is 0.285. The van der Waals surface area contributed by atoms with Crippen LogP contribution in [0.4, 0.5) is 10.1 Å². The van der Waals surface area contributed by atoms with Crippen molar-refractivity contribution >= 4 is 49.1 Å². The second-order valence-electron chi connectivity index (χ2n) is 4.03. The highest BCUT2D eigenvalue weighted by molar-refractivity contribution is 9.11. The van der Waals surface area contributed by atoms with Crippen LogP contribution in [0.5, 0.6) is 5.75 Å². The van der Waals surface area contributed by atoms with E-state index in [0.29, 0.717) is 17.3 Å². The van der Waals surface area contributed by atoms with Gasteiger partial charge in [-0.1, -0.05) is 33.6 Å². The third-order valence-electron chi connectivity index (χ3n) is 2.71. The molecule has 0 amide bonds. The quantitative estimate of drug-likeness (QED) is 0.689. The van der Waals surface area contributed by atoms with Crippen molar-refractivity contribution in [2.24, 2.45) is 0 Å². The first-order valence-electron chi connectivity index (χ1n) is 5.72. The fraction of sp³-hybridized carbons (Fsp3) is 0.143. The van der Waals surface area contributed by atoms with E-state index in [1.807, 2.05) is 12.1 Å². The Morgan fingerprint density at radius 2 is 2.05 bits per heavy atom. The van der Waals surface area contributed by atoms with Gasteiger partial charge in [-0.3, -0.25) is 0 Å². The molecule has 0 fully saturated rings. The minimum Gasteiger partial charge on any atom is -0.495 e. The Labute approximate surface area is 138 Å². The highest BCUT2D eigenvalue weighted by Gasteiger charge is 2.11. The van der Waals surface area contributed by atoms with Crippen molar-refractivity contribution in [1.29, 1.82) is 0 Å². The highest BCUT2D eigenvalue weighted by Crippen LogP contribution is 2.34. The molecule has 106 valence electrons. The summed E-state index contributed by atoms with van der Waals surface area (Å²) >= 11 is 12.8. The summed E-state index contributed by atoms with van der Waals surface area (Å²) in [6, 6.07) is 8.37. The summed E-state index contributed by atoms with van der Waals surface area (Å²) in [5.74, 6) is 0.318. The Bertz CT molecular complexity index is 617. The predicted octanol–water partition coefficient (Wildman–Crippen LogP) is 5.62. The lowest BCUT2D eigenvalue weighted by atomic mass is 10.2. The van der Waals surface area contributed by atoms with Crippen molar-refractivity contribution in [1.82, 2.24) is 0 Å². The summed E-state index contributed by atoms with van der Waals surface area (Å²) in [5, 5.41) is 3.34. The first-order valence-corrected chi connectivity index (χ1v) is 7.69. The van der Waals surface area contributed by atoms with Gasteiger partial charge >= 0.3 is 0 Å². The number of halogens is 4. The summed E-state index contributed by atoms with van der Waals surface area (Å²) < 4.78 is 20.8. The van der Waals surface area contributed by atoms with E-state index in [9.17, 15) is 4.39 Å². The predicted molar refractivity (Wildman–Crippen MR) is 87.1 cm³/mol. The van der Waals surface area contributed by atoms with Gasteiger partial charge in [-0.2, -0.15) is 0 Å². The Morgan fingerprint density at radius 3 is 2.70 bits per heavy atom. The Kier molecular flexibility index (Phi) is 5.29. The Morgan fingerprint density at radius 1 is 1.30 bits per heavy atom. The maximum Gasteiger partial charge on any atom is 0.147 e. The number of anilines is 1. The summed E-state index contributed by atoms with van der Waals surface area (Å²) in [6.45, 7) is 0.391. The number of ether oxygens (including phenoxy) is 1. The standard InChI is InChI=1S/C14H11Br2ClFNO/c1-20-14-8(5-9(15)6-10(14)16)7-19-13-11(17)3-2-4-12(13)18/h2-6,19H,7H2,1H3. The SMILES string of the molecule is COc1c(Br)cc(Br)cc1CNc1c(F)cccc1Cl. The summed E-state index contributed by atoms with van der Waals surface area (Å²) in [4.78, 5) is 0. The van der Waals surface area contributed by atoms with Gasteiger partial charge in [0.25, 0.3) is 0 Å². The first kappa shape index (κ1) is 15.6. The lowest BCUT2D eigenvalue weighted by Gasteiger charge is -2.14. The van der Waals surface area contributed by atoms with Gasteiger partial charge in [0.05, 0.1) is 22.3 Å². The van der Waals surface area contributed by atoms with E-state index in [0.717, 1.165) is 14.5 Å². The van der Waals surface area contributed by atoms with Crippen molar-refractivity contribution in [3.63, 3.8) is 0 Å². The van der Waals surface area contributed by atoms with Gasteiger partial charge in [0, 0.05) is 16.6 Å². The van der Waals surface area contributed by atoms with Gasteiger partial charge in [-0.15, -0.1) is 0 Å². The van der Waals surface area contributed by atoms with Crippen molar-refractivity contribution < 1.29 is 9.13 Å². The summed E-state index contributed by atoms with van der Waals surface area (Å²) in [7, 11) is 1.59. The van der Waals surface area contributed by atoms with Crippen molar-refractivity contribution in [3.8, 4) is 5.75 Å². The highest BCUT2D eigenvalue weighted by atomic mass is 79.9. The number of para-hydroxylation sites is 1. The van der Waals surface area contributed by atoms with E-state index in [2.05, 4.69) is 37.2 Å². The fourth-order valence-electron chi connectivity index (χ4n) is 1.82. The van der Waals surface area contributed by atoms with E-state index in [1.165, 1.54) is 6.07 Å². The molecule has 2 rings (SSSR count). The number of hydrogen-bond donors (Lipinski definition) is 1. The zero-order chi connectivity index (χ0) is 14.7. The molecule has 0 saturated carbocycles. The molecule has 0 aliphatic rings. The van der Waals surface area contributed by atoms with Crippen LogP contribution in [0.3, 0.4) is 0 Å². The van der Waals surface area contributed by atoms with E-state index >= 15 is 0 Å².